The molecule has 102 valence electrons. The molecular weight excluding hydrogens is 228 g/mol. The molecule has 0 saturated carbocycles. The summed E-state index contributed by atoms with van der Waals surface area (Å²) in [6.45, 7) is 11.3. The second-order valence-corrected chi connectivity index (χ2v) is 5.12. The lowest BCUT2D eigenvalue weighted by Crippen LogP contribution is -2.47. The molecule has 0 radical (unpaired) electrons. The molecule has 0 aromatic carbocycles. The van der Waals surface area contributed by atoms with Crippen LogP contribution >= 0.6 is 0 Å². The van der Waals surface area contributed by atoms with E-state index < -0.39 is 0 Å². The lowest BCUT2D eigenvalue weighted by Gasteiger charge is -2.34. The van der Waals surface area contributed by atoms with Gasteiger partial charge in [-0.05, 0) is 13.8 Å². The van der Waals surface area contributed by atoms with Crippen molar-refractivity contribution in [2.75, 3.05) is 39.3 Å². The van der Waals surface area contributed by atoms with Crippen LogP contribution in [0.25, 0.3) is 0 Å². The highest BCUT2D eigenvalue weighted by atomic mass is 15.4. The first-order valence-corrected chi connectivity index (χ1v) is 6.74. The highest BCUT2D eigenvalue weighted by Crippen LogP contribution is 2.10. The average molecular weight is 252 g/mol. The molecule has 0 unspecified atom stereocenters. The third-order valence-electron chi connectivity index (χ3n) is 3.41. The summed E-state index contributed by atoms with van der Waals surface area (Å²) < 4.78 is 2.01. The van der Waals surface area contributed by atoms with E-state index in [4.69, 9.17) is 5.73 Å². The predicted molar refractivity (Wildman–Crippen MR) is 71.2 cm³/mol. The van der Waals surface area contributed by atoms with Crippen molar-refractivity contribution in [2.45, 2.75) is 26.4 Å². The summed E-state index contributed by atoms with van der Waals surface area (Å²) >= 11 is 0. The van der Waals surface area contributed by atoms with Gasteiger partial charge in [0.05, 0.1) is 6.54 Å². The van der Waals surface area contributed by atoms with Crippen LogP contribution in [0, 0.1) is 0 Å². The Hall–Kier alpha value is -0.980. The predicted octanol–water partition coefficient (Wildman–Crippen LogP) is -0.0647. The summed E-state index contributed by atoms with van der Waals surface area (Å²) in [7, 11) is 0. The van der Waals surface area contributed by atoms with Crippen molar-refractivity contribution in [3.05, 3.63) is 12.2 Å². The molecule has 2 rings (SSSR count). The lowest BCUT2D eigenvalue weighted by atomic mass is 10.3. The van der Waals surface area contributed by atoms with Gasteiger partial charge in [0.2, 0.25) is 0 Å². The van der Waals surface area contributed by atoms with Gasteiger partial charge in [-0.2, -0.15) is 5.10 Å². The van der Waals surface area contributed by atoms with Crippen LogP contribution < -0.4 is 5.73 Å². The molecule has 0 aliphatic carbocycles. The Morgan fingerprint density at radius 1 is 1.22 bits per heavy atom. The SMILES string of the molecule is CC(C)n1ncnc1CN1CCN(CCN)CC1. The van der Waals surface area contributed by atoms with Gasteiger partial charge in [0.15, 0.2) is 0 Å². The van der Waals surface area contributed by atoms with Crippen LogP contribution in [0.5, 0.6) is 0 Å². The molecule has 1 aromatic heterocycles. The van der Waals surface area contributed by atoms with Gasteiger partial charge in [0.25, 0.3) is 0 Å². The van der Waals surface area contributed by atoms with E-state index in [1.807, 2.05) is 4.68 Å². The van der Waals surface area contributed by atoms with Crippen LogP contribution in [-0.4, -0.2) is 63.8 Å². The van der Waals surface area contributed by atoms with Gasteiger partial charge in [-0.15, -0.1) is 0 Å². The Bertz CT molecular complexity index is 353. The van der Waals surface area contributed by atoms with Crippen LogP contribution in [0.4, 0.5) is 0 Å². The highest BCUT2D eigenvalue weighted by molar-refractivity contribution is 4.88. The van der Waals surface area contributed by atoms with E-state index in [-0.39, 0.29) is 0 Å². The normalized spacial score (nSPS) is 18.7. The van der Waals surface area contributed by atoms with Gasteiger partial charge in [-0.1, -0.05) is 0 Å². The first-order chi connectivity index (χ1) is 8.70. The van der Waals surface area contributed by atoms with Crippen LogP contribution in [0.3, 0.4) is 0 Å². The lowest BCUT2D eigenvalue weighted by molar-refractivity contribution is 0.125. The van der Waals surface area contributed by atoms with Crippen LogP contribution in [-0.2, 0) is 6.54 Å². The molecule has 1 aromatic rings. The third-order valence-corrected chi connectivity index (χ3v) is 3.41. The Morgan fingerprint density at radius 2 is 1.89 bits per heavy atom. The fourth-order valence-corrected chi connectivity index (χ4v) is 2.37. The van der Waals surface area contributed by atoms with E-state index >= 15 is 0 Å². The highest BCUT2D eigenvalue weighted by Gasteiger charge is 2.18. The summed E-state index contributed by atoms with van der Waals surface area (Å²) in [4.78, 5) is 9.22. The second-order valence-electron chi connectivity index (χ2n) is 5.12. The minimum atomic E-state index is 0.376. The molecule has 6 nitrogen and oxygen atoms in total. The number of aromatic nitrogens is 3. The Labute approximate surface area is 109 Å². The van der Waals surface area contributed by atoms with Gasteiger partial charge in [0, 0.05) is 45.3 Å². The topological polar surface area (TPSA) is 63.2 Å². The summed E-state index contributed by atoms with van der Waals surface area (Å²) in [6, 6.07) is 0.376. The average Bonchev–Trinajstić information content (AvgIpc) is 2.80. The molecule has 1 fully saturated rings. The zero-order chi connectivity index (χ0) is 13.0. The number of nitrogens with two attached hydrogens (primary N) is 1. The summed E-state index contributed by atoms with van der Waals surface area (Å²) in [5.74, 6) is 1.07. The summed E-state index contributed by atoms with van der Waals surface area (Å²) in [6.07, 6.45) is 1.65. The van der Waals surface area contributed by atoms with Crippen molar-refractivity contribution in [3.8, 4) is 0 Å². The number of rotatable bonds is 5. The number of hydrogen-bond acceptors (Lipinski definition) is 5. The van der Waals surface area contributed by atoms with E-state index in [9.17, 15) is 0 Å². The van der Waals surface area contributed by atoms with E-state index in [2.05, 4.69) is 33.7 Å². The zero-order valence-corrected chi connectivity index (χ0v) is 11.4. The van der Waals surface area contributed by atoms with Crippen molar-refractivity contribution >= 4 is 0 Å². The molecule has 1 aliphatic heterocycles. The second kappa shape index (κ2) is 6.26. The van der Waals surface area contributed by atoms with Gasteiger partial charge in [-0.25, -0.2) is 9.67 Å². The maximum absolute atomic E-state index is 5.58. The standard InChI is InChI=1S/C12H24N6/c1-11(2)18-12(14-10-15-18)9-17-7-5-16(4-3-13)6-8-17/h10-11H,3-9,13H2,1-2H3. The fraction of sp³-hybridized carbons (Fsp3) is 0.833. The molecule has 1 aliphatic rings. The molecule has 1 saturated heterocycles. The molecular formula is C12H24N6. The molecule has 18 heavy (non-hydrogen) atoms. The van der Waals surface area contributed by atoms with Gasteiger partial charge < -0.3 is 5.73 Å². The van der Waals surface area contributed by atoms with Crippen molar-refractivity contribution in [3.63, 3.8) is 0 Å². The number of piperazine rings is 1. The quantitative estimate of drug-likeness (QED) is 0.795. The van der Waals surface area contributed by atoms with Crippen LogP contribution in [0.1, 0.15) is 25.7 Å². The number of nitrogens with zero attached hydrogens (tertiary/aromatic N) is 5. The molecule has 0 atom stereocenters. The molecule has 2 heterocycles. The van der Waals surface area contributed by atoms with Crippen molar-refractivity contribution in [1.29, 1.82) is 0 Å². The van der Waals surface area contributed by atoms with Crippen LogP contribution in [0.2, 0.25) is 0 Å². The minimum Gasteiger partial charge on any atom is -0.329 e. The molecule has 6 heteroatoms. The summed E-state index contributed by atoms with van der Waals surface area (Å²) in [5.41, 5.74) is 5.58. The Kier molecular flexibility index (Phi) is 4.68. The molecule has 0 bridgehead atoms. The third kappa shape index (κ3) is 3.28. The van der Waals surface area contributed by atoms with Crippen molar-refractivity contribution in [1.82, 2.24) is 24.6 Å². The smallest absolute Gasteiger partial charge is 0.141 e. The monoisotopic (exact) mass is 252 g/mol. The molecule has 2 N–H and O–H groups in total. The Balaban J connectivity index is 1.86. The van der Waals surface area contributed by atoms with E-state index in [1.165, 1.54) is 0 Å². The van der Waals surface area contributed by atoms with Gasteiger partial charge in [0.1, 0.15) is 12.2 Å². The maximum Gasteiger partial charge on any atom is 0.141 e. The van der Waals surface area contributed by atoms with Crippen LogP contribution in [0.15, 0.2) is 6.33 Å². The van der Waals surface area contributed by atoms with Gasteiger partial charge in [-0.3, -0.25) is 9.80 Å². The van der Waals surface area contributed by atoms with E-state index in [1.54, 1.807) is 6.33 Å². The largest absolute Gasteiger partial charge is 0.329 e. The van der Waals surface area contributed by atoms with E-state index in [0.29, 0.717) is 6.04 Å². The maximum atomic E-state index is 5.58. The van der Waals surface area contributed by atoms with E-state index in [0.717, 1.165) is 51.6 Å². The fourth-order valence-electron chi connectivity index (χ4n) is 2.37. The first-order valence-electron chi connectivity index (χ1n) is 6.74. The van der Waals surface area contributed by atoms with Gasteiger partial charge >= 0.3 is 0 Å². The first kappa shape index (κ1) is 13.5. The zero-order valence-electron chi connectivity index (χ0n) is 11.4. The van der Waals surface area contributed by atoms with Crippen molar-refractivity contribution < 1.29 is 0 Å². The number of hydrogen-bond donors (Lipinski definition) is 1. The molecule has 0 spiro atoms. The Morgan fingerprint density at radius 3 is 2.50 bits per heavy atom. The van der Waals surface area contributed by atoms with Crippen molar-refractivity contribution in [2.24, 2.45) is 5.73 Å². The minimum absolute atomic E-state index is 0.376. The summed E-state index contributed by atoms with van der Waals surface area (Å²) in [5, 5.41) is 4.28. The molecule has 0 amide bonds.